The number of thiophene rings is 1. The molecule has 0 atom stereocenters. The third-order valence-corrected chi connectivity index (χ3v) is 4.23. The number of rotatable bonds is 2. The molecule has 2 aromatic rings. The molecule has 1 aliphatic heterocycles. The molecule has 1 aromatic carbocycles. The molecule has 1 amide bonds. The summed E-state index contributed by atoms with van der Waals surface area (Å²) >= 11 is 1.50. The third kappa shape index (κ3) is 2.20. The summed E-state index contributed by atoms with van der Waals surface area (Å²) in [5.74, 6) is -0.892. The fraction of sp³-hybridized carbons (Fsp3) is 0.200. The highest BCUT2D eigenvalue weighted by atomic mass is 32.1. The summed E-state index contributed by atoms with van der Waals surface area (Å²) in [6.45, 7) is 1.04. The monoisotopic (exact) mass is 287 g/mol. The Kier molecular flexibility index (Phi) is 3.28. The molecule has 1 aromatic heterocycles. The van der Waals surface area contributed by atoms with Gasteiger partial charge >= 0.3 is 5.97 Å². The van der Waals surface area contributed by atoms with Crippen molar-refractivity contribution < 1.29 is 14.7 Å². The van der Waals surface area contributed by atoms with E-state index in [9.17, 15) is 14.7 Å². The molecular weight excluding hydrogens is 274 g/mol. The lowest BCUT2D eigenvalue weighted by atomic mass is 9.94. The summed E-state index contributed by atoms with van der Waals surface area (Å²) < 4.78 is 0. The number of carbonyl (C=O) groups excluding carboxylic acids is 1. The highest BCUT2D eigenvalue weighted by Gasteiger charge is 2.24. The molecule has 0 spiro atoms. The lowest BCUT2D eigenvalue weighted by molar-refractivity contribution is 0.0694. The standard InChI is InChI=1S/C15H13NO3S/c17-14(11-5-7-20-9-11)16-6-4-12-10(8-16)2-1-3-13(12)15(18)19/h1-3,5,7,9H,4,6,8H2,(H,18,19). The molecular formula is C15H13NO3S. The molecule has 3 rings (SSSR count). The van der Waals surface area contributed by atoms with Crippen LogP contribution in [0.4, 0.5) is 0 Å². The van der Waals surface area contributed by atoms with Gasteiger partial charge in [0.1, 0.15) is 0 Å². The molecule has 1 N–H and O–H groups in total. The van der Waals surface area contributed by atoms with Crippen LogP contribution in [0.3, 0.4) is 0 Å². The van der Waals surface area contributed by atoms with E-state index in [1.165, 1.54) is 11.3 Å². The van der Waals surface area contributed by atoms with Gasteiger partial charge in [-0.1, -0.05) is 12.1 Å². The number of carboxylic acids is 1. The molecule has 20 heavy (non-hydrogen) atoms. The molecule has 0 saturated carbocycles. The van der Waals surface area contributed by atoms with Crippen molar-refractivity contribution in [1.29, 1.82) is 0 Å². The summed E-state index contributed by atoms with van der Waals surface area (Å²) in [5.41, 5.74) is 2.84. The number of fused-ring (bicyclic) bond motifs is 1. The van der Waals surface area contributed by atoms with Crippen molar-refractivity contribution in [1.82, 2.24) is 4.90 Å². The summed E-state index contributed by atoms with van der Waals surface area (Å²) in [6.07, 6.45) is 0.591. The quantitative estimate of drug-likeness (QED) is 0.923. The van der Waals surface area contributed by atoms with E-state index in [2.05, 4.69) is 0 Å². The highest BCUT2D eigenvalue weighted by Crippen LogP contribution is 2.24. The van der Waals surface area contributed by atoms with Crippen molar-refractivity contribution in [3.05, 3.63) is 57.3 Å². The minimum atomic E-state index is -0.903. The Balaban J connectivity index is 1.88. The van der Waals surface area contributed by atoms with E-state index in [1.807, 2.05) is 22.9 Å². The molecule has 2 heterocycles. The maximum absolute atomic E-state index is 12.3. The topological polar surface area (TPSA) is 57.6 Å². The molecule has 4 nitrogen and oxygen atoms in total. The van der Waals surface area contributed by atoms with Crippen LogP contribution < -0.4 is 0 Å². The number of carboxylic acid groups (broad SMARTS) is 1. The Bertz CT molecular complexity index is 664. The second kappa shape index (κ2) is 5.09. The van der Waals surface area contributed by atoms with Gasteiger partial charge in [-0.15, -0.1) is 0 Å². The van der Waals surface area contributed by atoms with Gasteiger partial charge < -0.3 is 10.0 Å². The van der Waals surface area contributed by atoms with Crippen LogP contribution in [0.25, 0.3) is 0 Å². The second-order valence-corrected chi connectivity index (χ2v) is 5.52. The highest BCUT2D eigenvalue weighted by molar-refractivity contribution is 7.08. The van der Waals surface area contributed by atoms with Crippen LogP contribution in [0.15, 0.2) is 35.0 Å². The average Bonchev–Trinajstić information content (AvgIpc) is 2.99. The lowest BCUT2D eigenvalue weighted by Crippen LogP contribution is -2.36. The van der Waals surface area contributed by atoms with Gasteiger partial charge in [0.2, 0.25) is 0 Å². The van der Waals surface area contributed by atoms with Gasteiger partial charge in [-0.2, -0.15) is 11.3 Å². The van der Waals surface area contributed by atoms with Gasteiger partial charge in [-0.05, 0) is 35.1 Å². The van der Waals surface area contributed by atoms with Gasteiger partial charge in [0.05, 0.1) is 11.1 Å². The van der Waals surface area contributed by atoms with Crippen LogP contribution in [-0.2, 0) is 13.0 Å². The Labute approximate surface area is 120 Å². The van der Waals surface area contributed by atoms with Gasteiger partial charge in [0, 0.05) is 18.5 Å². The molecule has 102 valence electrons. The molecule has 5 heteroatoms. The number of amides is 1. The van der Waals surface area contributed by atoms with E-state index in [0.29, 0.717) is 30.6 Å². The Morgan fingerprint density at radius 3 is 2.80 bits per heavy atom. The number of nitrogens with zero attached hydrogens (tertiary/aromatic N) is 1. The van der Waals surface area contributed by atoms with Crippen molar-refractivity contribution in [2.45, 2.75) is 13.0 Å². The number of aromatic carboxylic acids is 1. The van der Waals surface area contributed by atoms with Crippen molar-refractivity contribution in [2.75, 3.05) is 6.54 Å². The number of benzene rings is 1. The van der Waals surface area contributed by atoms with Crippen LogP contribution in [-0.4, -0.2) is 28.4 Å². The smallest absolute Gasteiger partial charge is 0.335 e. The van der Waals surface area contributed by atoms with Crippen LogP contribution in [0.1, 0.15) is 31.8 Å². The third-order valence-electron chi connectivity index (χ3n) is 3.55. The van der Waals surface area contributed by atoms with Crippen molar-refractivity contribution in [3.63, 3.8) is 0 Å². The van der Waals surface area contributed by atoms with Crippen molar-refractivity contribution >= 4 is 23.2 Å². The SMILES string of the molecule is O=C(O)c1cccc2c1CCN(C(=O)c1ccsc1)C2. The molecule has 0 bridgehead atoms. The van der Waals surface area contributed by atoms with E-state index in [0.717, 1.165) is 11.1 Å². The van der Waals surface area contributed by atoms with Gasteiger partial charge in [0.25, 0.3) is 5.91 Å². The number of carbonyl (C=O) groups is 2. The molecule has 0 unspecified atom stereocenters. The summed E-state index contributed by atoms with van der Waals surface area (Å²) in [4.78, 5) is 25.3. The first-order valence-electron chi connectivity index (χ1n) is 6.32. The molecule has 0 aliphatic carbocycles. The van der Waals surface area contributed by atoms with Gasteiger partial charge in [-0.3, -0.25) is 4.79 Å². The number of hydrogen-bond acceptors (Lipinski definition) is 3. The Hall–Kier alpha value is -2.14. The predicted molar refractivity (Wildman–Crippen MR) is 76.2 cm³/mol. The zero-order chi connectivity index (χ0) is 14.1. The maximum Gasteiger partial charge on any atom is 0.335 e. The summed E-state index contributed by atoms with van der Waals surface area (Å²) in [5, 5.41) is 12.9. The summed E-state index contributed by atoms with van der Waals surface area (Å²) in [6, 6.07) is 7.07. The second-order valence-electron chi connectivity index (χ2n) is 4.74. The van der Waals surface area contributed by atoms with E-state index < -0.39 is 5.97 Å². The van der Waals surface area contributed by atoms with E-state index in [-0.39, 0.29) is 5.91 Å². The molecule has 1 aliphatic rings. The van der Waals surface area contributed by atoms with E-state index in [1.54, 1.807) is 17.0 Å². The summed E-state index contributed by atoms with van der Waals surface area (Å²) in [7, 11) is 0. The Morgan fingerprint density at radius 2 is 2.10 bits per heavy atom. The van der Waals surface area contributed by atoms with E-state index >= 15 is 0 Å². The van der Waals surface area contributed by atoms with Crippen LogP contribution in [0, 0.1) is 0 Å². The van der Waals surface area contributed by atoms with Crippen LogP contribution >= 0.6 is 11.3 Å². The van der Waals surface area contributed by atoms with Crippen LogP contribution in [0.2, 0.25) is 0 Å². The minimum Gasteiger partial charge on any atom is -0.478 e. The first-order valence-corrected chi connectivity index (χ1v) is 7.26. The maximum atomic E-state index is 12.3. The largest absolute Gasteiger partial charge is 0.478 e. The molecule has 0 radical (unpaired) electrons. The average molecular weight is 287 g/mol. The van der Waals surface area contributed by atoms with Crippen molar-refractivity contribution in [2.24, 2.45) is 0 Å². The molecule has 0 saturated heterocycles. The van der Waals surface area contributed by atoms with Gasteiger partial charge in [-0.25, -0.2) is 4.79 Å². The number of hydrogen-bond donors (Lipinski definition) is 1. The fourth-order valence-electron chi connectivity index (χ4n) is 2.55. The minimum absolute atomic E-state index is 0.0117. The van der Waals surface area contributed by atoms with Gasteiger partial charge in [0.15, 0.2) is 0 Å². The van der Waals surface area contributed by atoms with E-state index in [4.69, 9.17) is 0 Å². The zero-order valence-corrected chi connectivity index (χ0v) is 11.5. The molecule has 0 fully saturated rings. The van der Waals surface area contributed by atoms with Crippen molar-refractivity contribution in [3.8, 4) is 0 Å². The van der Waals surface area contributed by atoms with Crippen LogP contribution in [0.5, 0.6) is 0 Å². The predicted octanol–water partition coefficient (Wildman–Crippen LogP) is 2.64. The lowest BCUT2D eigenvalue weighted by Gasteiger charge is -2.29. The zero-order valence-electron chi connectivity index (χ0n) is 10.7. The normalized spacial score (nSPS) is 13.9. The first-order chi connectivity index (χ1) is 9.66. The first kappa shape index (κ1) is 12.9. The Morgan fingerprint density at radius 1 is 1.25 bits per heavy atom. The fourth-order valence-corrected chi connectivity index (χ4v) is 3.18.